The van der Waals surface area contributed by atoms with Crippen LogP contribution in [0.4, 0.5) is 11.4 Å². The van der Waals surface area contributed by atoms with Gasteiger partial charge in [0.2, 0.25) is 5.96 Å². The molecule has 0 bridgehead atoms. The number of guanidine groups is 1. The molecule has 8 heteroatoms. The van der Waals surface area contributed by atoms with Gasteiger partial charge in [-0.2, -0.15) is 0 Å². The van der Waals surface area contributed by atoms with Gasteiger partial charge in [0.05, 0.1) is 29.6 Å². The second-order valence-corrected chi connectivity index (χ2v) is 11.1. The molecule has 6 rings (SSSR count). The summed E-state index contributed by atoms with van der Waals surface area (Å²) in [5, 5.41) is 14.2. The highest BCUT2D eigenvalue weighted by molar-refractivity contribution is 7.19. The van der Waals surface area contributed by atoms with Crippen LogP contribution in [-0.2, 0) is 9.53 Å². The summed E-state index contributed by atoms with van der Waals surface area (Å²) >= 11 is 1.56. The molecule has 0 saturated carbocycles. The van der Waals surface area contributed by atoms with Gasteiger partial charge >= 0.3 is 5.97 Å². The van der Waals surface area contributed by atoms with Crippen LogP contribution in [0.25, 0.3) is 32.6 Å². The number of benzene rings is 3. The van der Waals surface area contributed by atoms with E-state index in [-0.39, 0.29) is 24.5 Å². The highest BCUT2D eigenvalue weighted by Crippen LogP contribution is 2.50. The minimum atomic E-state index is -0.340. The highest BCUT2D eigenvalue weighted by atomic mass is 32.1. The number of carbonyl (C=O) groups excluding carboxylic acids is 1. The van der Waals surface area contributed by atoms with E-state index in [1.165, 1.54) is 0 Å². The molecule has 7 nitrogen and oxygen atoms in total. The average Bonchev–Trinajstić information content (AvgIpc) is 3.36. The predicted octanol–water partition coefficient (Wildman–Crippen LogP) is 7.72. The number of fused-ring (bicyclic) bond motifs is 3. The maximum Gasteiger partial charge on any atom is 0.308 e. The van der Waals surface area contributed by atoms with Gasteiger partial charge in [0.1, 0.15) is 10.5 Å². The van der Waals surface area contributed by atoms with E-state index in [1.807, 2.05) is 87.5 Å². The van der Waals surface area contributed by atoms with Gasteiger partial charge in [0, 0.05) is 28.2 Å². The fraction of sp³-hybridized carbons (Fsp3) is 0.212. The second kappa shape index (κ2) is 11.5. The summed E-state index contributed by atoms with van der Waals surface area (Å²) in [7, 11) is 0. The van der Waals surface area contributed by atoms with Crippen molar-refractivity contribution in [1.29, 1.82) is 0 Å². The van der Waals surface area contributed by atoms with Crippen LogP contribution < -0.4 is 10.2 Å². The molecule has 0 aliphatic carbocycles. The van der Waals surface area contributed by atoms with Crippen molar-refractivity contribution in [3.63, 3.8) is 0 Å². The summed E-state index contributed by atoms with van der Waals surface area (Å²) < 4.78 is 5.46. The number of aromatic nitrogens is 2. The Labute approximate surface area is 243 Å². The van der Waals surface area contributed by atoms with Crippen molar-refractivity contribution in [2.75, 3.05) is 16.8 Å². The Balaban J connectivity index is 1.65. The van der Waals surface area contributed by atoms with Gasteiger partial charge in [-0.3, -0.25) is 4.79 Å². The van der Waals surface area contributed by atoms with E-state index in [0.29, 0.717) is 12.6 Å². The molecule has 1 aliphatic heterocycles. The molecule has 0 spiro atoms. The molecule has 5 aromatic rings. The lowest BCUT2D eigenvalue weighted by atomic mass is 9.95. The zero-order valence-electron chi connectivity index (χ0n) is 23.2. The fourth-order valence-corrected chi connectivity index (χ4v) is 6.45. The molecule has 1 N–H and O–H groups in total. The lowest BCUT2D eigenvalue weighted by Crippen LogP contribution is -2.44. The summed E-state index contributed by atoms with van der Waals surface area (Å²) in [4.78, 5) is 22.0. The van der Waals surface area contributed by atoms with Crippen LogP contribution in [0.3, 0.4) is 0 Å². The van der Waals surface area contributed by atoms with Crippen LogP contribution in [0.5, 0.6) is 0 Å². The SMILES string of the molecule is CCOC(=O)CC1c2sc3nnc(-c4ccccc4)c(-c4ccccc4)c3c2NC(=NC(C)C)N1c1ccccc1. The zero-order chi connectivity index (χ0) is 28.3. The van der Waals surface area contributed by atoms with E-state index >= 15 is 0 Å². The molecular formula is C33H31N5O2S. The first-order valence-electron chi connectivity index (χ1n) is 13.8. The van der Waals surface area contributed by atoms with E-state index in [1.54, 1.807) is 11.3 Å². The minimum absolute atomic E-state index is 0.0201. The molecule has 0 amide bonds. The van der Waals surface area contributed by atoms with Crippen LogP contribution >= 0.6 is 11.3 Å². The topological polar surface area (TPSA) is 79.7 Å². The van der Waals surface area contributed by atoms with Crippen molar-refractivity contribution in [3.8, 4) is 22.4 Å². The van der Waals surface area contributed by atoms with Crippen molar-refractivity contribution in [3.05, 3.63) is 95.9 Å². The van der Waals surface area contributed by atoms with Gasteiger partial charge in [-0.25, -0.2) is 4.99 Å². The number of anilines is 2. The first-order chi connectivity index (χ1) is 20.0. The Morgan fingerprint density at radius 1 is 0.951 bits per heavy atom. The molecule has 1 atom stereocenters. The number of ether oxygens (including phenoxy) is 1. The lowest BCUT2D eigenvalue weighted by Gasteiger charge is -2.38. The number of nitrogens with zero attached hydrogens (tertiary/aromatic N) is 4. The lowest BCUT2D eigenvalue weighted by molar-refractivity contribution is -0.143. The third-order valence-electron chi connectivity index (χ3n) is 6.91. The van der Waals surface area contributed by atoms with Crippen LogP contribution in [0.2, 0.25) is 0 Å². The molecule has 0 fully saturated rings. The zero-order valence-corrected chi connectivity index (χ0v) is 24.1. The standard InChI is InChI=1S/C33H31N5O2S/c1-4-40-26(39)20-25-31-30(35-33(34-21(2)3)38(25)24-18-12-7-13-19-24)28-27(22-14-8-5-9-15-22)29(36-37-32(28)41-31)23-16-10-6-11-17-23/h5-19,21,25H,4,20H2,1-3H3,(H,34,35). The summed E-state index contributed by atoms with van der Waals surface area (Å²) in [6.45, 7) is 6.26. The van der Waals surface area contributed by atoms with E-state index < -0.39 is 0 Å². The number of nitrogens with one attached hydrogen (secondary N) is 1. The number of esters is 1. The minimum Gasteiger partial charge on any atom is -0.466 e. The summed E-state index contributed by atoms with van der Waals surface area (Å²) in [5.41, 5.74) is 5.69. The van der Waals surface area contributed by atoms with Gasteiger partial charge in [-0.1, -0.05) is 78.9 Å². The maximum atomic E-state index is 13.0. The molecular weight excluding hydrogens is 530 g/mol. The molecule has 1 unspecified atom stereocenters. The van der Waals surface area contributed by atoms with E-state index in [9.17, 15) is 4.79 Å². The third-order valence-corrected chi connectivity index (χ3v) is 8.09. The molecule has 206 valence electrons. The summed E-state index contributed by atoms with van der Waals surface area (Å²) in [5.74, 6) is 0.428. The Bertz CT molecular complexity index is 1700. The number of carbonyl (C=O) groups is 1. The van der Waals surface area contributed by atoms with Crippen molar-refractivity contribution in [2.45, 2.75) is 39.3 Å². The molecule has 3 aromatic carbocycles. The Kier molecular flexibility index (Phi) is 7.48. The smallest absolute Gasteiger partial charge is 0.308 e. The van der Waals surface area contributed by atoms with E-state index in [4.69, 9.17) is 19.9 Å². The molecule has 0 radical (unpaired) electrons. The van der Waals surface area contributed by atoms with Crippen molar-refractivity contribution < 1.29 is 9.53 Å². The summed E-state index contributed by atoms with van der Waals surface area (Å²) in [6, 6.07) is 30.2. The van der Waals surface area contributed by atoms with Crippen molar-refractivity contribution in [2.24, 2.45) is 4.99 Å². The number of para-hydroxylation sites is 1. The van der Waals surface area contributed by atoms with E-state index in [2.05, 4.69) is 34.5 Å². The van der Waals surface area contributed by atoms with Gasteiger partial charge in [-0.15, -0.1) is 21.5 Å². The Morgan fingerprint density at radius 3 is 2.22 bits per heavy atom. The largest absolute Gasteiger partial charge is 0.466 e. The van der Waals surface area contributed by atoms with Crippen LogP contribution in [0, 0.1) is 0 Å². The molecule has 0 saturated heterocycles. The van der Waals surface area contributed by atoms with Crippen LogP contribution in [0.1, 0.15) is 38.1 Å². The van der Waals surface area contributed by atoms with Crippen molar-refractivity contribution in [1.82, 2.24) is 10.2 Å². The van der Waals surface area contributed by atoms with Gasteiger partial charge in [0.15, 0.2) is 0 Å². The van der Waals surface area contributed by atoms with Gasteiger partial charge < -0.3 is 15.0 Å². The third kappa shape index (κ3) is 5.18. The Hall–Kier alpha value is -4.56. The number of aliphatic imine (C=N–C) groups is 1. The highest BCUT2D eigenvalue weighted by Gasteiger charge is 2.38. The second-order valence-electron chi connectivity index (χ2n) is 10.1. The van der Waals surface area contributed by atoms with Crippen molar-refractivity contribution >= 4 is 44.9 Å². The first-order valence-corrected chi connectivity index (χ1v) is 14.7. The number of rotatable bonds is 7. The monoisotopic (exact) mass is 561 g/mol. The summed E-state index contributed by atoms with van der Waals surface area (Å²) in [6.07, 6.45) is 0.168. The molecule has 3 heterocycles. The van der Waals surface area contributed by atoms with Crippen LogP contribution in [-0.4, -0.2) is 34.8 Å². The molecule has 2 aromatic heterocycles. The average molecular weight is 562 g/mol. The predicted molar refractivity (Wildman–Crippen MR) is 167 cm³/mol. The maximum absolute atomic E-state index is 13.0. The molecule has 41 heavy (non-hydrogen) atoms. The quantitative estimate of drug-likeness (QED) is 0.205. The van der Waals surface area contributed by atoms with Gasteiger partial charge in [-0.05, 0) is 38.5 Å². The first kappa shape index (κ1) is 26.7. The number of thiophene rings is 1. The number of hydrogen-bond acceptors (Lipinski definition) is 6. The van der Waals surface area contributed by atoms with Gasteiger partial charge in [0.25, 0.3) is 0 Å². The van der Waals surface area contributed by atoms with E-state index in [0.717, 1.165) is 48.9 Å². The number of hydrogen-bond donors (Lipinski definition) is 1. The fourth-order valence-electron chi connectivity index (χ4n) is 5.27. The van der Waals surface area contributed by atoms with Crippen LogP contribution in [0.15, 0.2) is 96.0 Å². The normalized spacial score (nSPS) is 15.7. The Morgan fingerprint density at radius 2 is 1.59 bits per heavy atom. The molecule has 1 aliphatic rings.